The molecule has 2 aliphatic carbocycles. The number of carboxylic acids is 2. The lowest BCUT2D eigenvalue weighted by Gasteiger charge is -2.33. The number of carboxylic acid groups (broad SMARTS) is 2. The molecule has 2 heterocycles. The molecule has 6 aromatic rings. The lowest BCUT2D eigenvalue weighted by molar-refractivity contribution is -0.153. The number of hydrogen-bond donors (Lipinski definition) is 4. The van der Waals surface area contributed by atoms with Gasteiger partial charge in [0.2, 0.25) is 0 Å². The van der Waals surface area contributed by atoms with Crippen molar-refractivity contribution >= 4 is 35.1 Å². The third-order valence-corrected chi connectivity index (χ3v) is 14.8. The third kappa shape index (κ3) is 11.0. The van der Waals surface area contributed by atoms with Gasteiger partial charge in [0.1, 0.15) is 71.6 Å². The molecule has 0 saturated carbocycles. The van der Waals surface area contributed by atoms with E-state index in [1.165, 1.54) is 36.0 Å². The Hall–Kier alpha value is -7.28. The van der Waals surface area contributed by atoms with E-state index in [2.05, 4.69) is 46.4 Å². The summed E-state index contributed by atoms with van der Waals surface area (Å²) in [6, 6.07) is 26.7. The van der Waals surface area contributed by atoms with Crippen LogP contribution in [0.5, 0.6) is 23.0 Å². The van der Waals surface area contributed by atoms with Crippen molar-refractivity contribution in [1.82, 2.24) is 19.8 Å². The summed E-state index contributed by atoms with van der Waals surface area (Å²) in [4.78, 5) is 35.7. The van der Waals surface area contributed by atoms with Crippen LogP contribution in [0.1, 0.15) is 94.5 Å². The largest absolute Gasteiger partial charge is 0.488 e. The summed E-state index contributed by atoms with van der Waals surface area (Å²) in [5, 5.41) is 59.6. The highest BCUT2D eigenvalue weighted by Crippen LogP contribution is 2.47. The van der Waals surface area contributed by atoms with Crippen LogP contribution >= 0.6 is 23.2 Å². The average Bonchev–Trinajstić information content (AvgIpc) is 4.02. The van der Waals surface area contributed by atoms with Gasteiger partial charge in [-0.2, -0.15) is 10.5 Å². The first-order chi connectivity index (χ1) is 35.5. The van der Waals surface area contributed by atoms with E-state index in [1.807, 2.05) is 12.1 Å². The maximum atomic E-state index is 12.2. The van der Waals surface area contributed by atoms with Crippen molar-refractivity contribution < 1.29 is 49.0 Å². The number of hydrogen-bond acceptors (Lipinski definition) is 14. The smallest absolute Gasteiger partial charge is 0.326 e. The van der Waals surface area contributed by atoms with Gasteiger partial charge in [0.05, 0.1) is 34.4 Å². The molecular weight excluding hydrogens is 988 g/mol. The van der Waals surface area contributed by atoms with Gasteiger partial charge in [0.25, 0.3) is 0 Å². The second-order valence-electron chi connectivity index (χ2n) is 19.0. The lowest BCUT2D eigenvalue weighted by Crippen LogP contribution is -2.52. The maximum absolute atomic E-state index is 12.2. The number of likely N-dealkylation sites (N-methyl/N-ethyl adjacent to an activating group) is 2. The zero-order valence-corrected chi connectivity index (χ0v) is 42.7. The number of nitrogens with zero attached hydrogens (tertiary/aromatic N) is 6. The minimum atomic E-state index is -1.59. The minimum absolute atomic E-state index is 0.0480. The number of aromatic nitrogens is 2. The first-order valence-corrected chi connectivity index (χ1v) is 24.5. The van der Waals surface area contributed by atoms with Crippen LogP contribution in [-0.2, 0) is 48.7 Å². The van der Waals surface area contributed by atoms with Crippen molar-refractivity contribution in [3.63, 3.8) is 0 Å². The Morgan fingerprint density at radius 1 is 0.649 bits per heavy atom. The van der Waals surface area contributed by atoms with Crippen LogP contribution in [0.25, 0.3) is 11.1 Å². The number of carbonyl (C=O) groups is 2. The Morgan fingerprint density at radius 3 is 1.42 bits per heavy atom. The standard InChI is InChI=1S/C56H54Cl2N6O10/c1-55(31-65,53(67)68)63(3)27-37-17-45(57)51(19-49(37)71-29-35-15-33(21-59)23-61-25-35)73-47-13-11-41-39(7-5-9-43(41)47)40-8-6-10-44-42(40)12-14-48(44)74-52-20-50(72-30-36-16-34(22-60)24-62-26-36)38(18-46(52)58)28-64(4)56(2,32-66)54(69)70/h5-10,15-20,23-26,47-48,65-66H,11-14,27-32H2,1-4H3,(H,67,68)(H,69,70)/t47-,48-,55-,56-/m0/s1. The fraction of sp³-hybridized carbons (Fsp3) is 0.321. The van der Waals surface area contributed by atoms with Crippen LogP contribution in [0.4, 0.5) is 0 Å². The minimum Gasteiger partial charge on any atom is -0.488 e. The SMILES string of the molecule is CN(Cc1cc(Cl)c(O[C@H]2CCc3c(-c4cccc5c4CC[C@@H]5Oc4cc(OCc5cncc(C#N)c5)c(CN(C)[C@@](C)(CO)C(=O)O)cc4Cl)cccc32)cc1OCc1cncc(C#N)c1)[C@@](C)(CO)C(=O)O. The van der Waals surface area contributed by atoms with Crippen LogP contribution in [0.15, 0.2) is 97.6 Å². The Labute approximate surface area is 438 Å². The summed E-state index contributed by atoms with van der Waals surface area (Å²) < 4.78 is 26.1. The van der Waals surface area contributed by atoms with Gasteiger partial charge in [-0.1, -0.05) is 59.6 Å². The van der Waals surface area contributed by atoms with Gasteiger partial charge in [-0.15, -0.1) is 0 Å². The molecule has 0 aliphatic heterocycles. The Balaban J connectivity index is 1.05. The summed E-state index contributed by atoms with van der Waals surface area (Å²) in [5.41, 5.74) is 6.42. The zero-order valence-electron chi connectivity index (χ0n) is 41.1. The molecule has 0 amide bonds. The Morgan fingerprint density at radius 2 is 1.05 bits per heavy atom. The molecule has 0 unspecified atom stereocenters. The maximum Gasteiger partial charge on any atom is 0.326 e. The fourth-order valence-electron chi connectivity index (χ4n) is 9.28. The quantitative estimate of drug-likeness (QED) is 0.0527. The number of benzene rings is 4. The number of ether oxygens (including phenoxy) is 4. The van der Waals surface area contributed by atoms with E-state index in [4.69, 9.17) is 42.1 Å². The number of aliphatic carboxylic acids is 2. The first kappa shape index (κ1) is 53.0. The number of rotatable bonds is 21. The van der Waals surface area contributed by atoms with Crippen molar-refractivity contribution in [2.45, 2.75) is 89.1 Å². The van der Waals surface area contributed by atoms with Crippen molar-refractivity contribution in [3.8, 4) is 46.3 Å². The predicted molar refractivity (Wildman–Crippen MR) is 274 cm³/mol. The van der Waals surface area contributed by atoms with Crippen molar-refractivity contribution in [2.75, 3.05) is 27.3 Å². The summed E-state index contributed by atoms with van der Waals surface area (Å²) in [7, 11) is 3.19. The van der Waals surface area contributed by atoms with Gasteiger partial charge >= 0.3 is 11.9 Å². The van der Waals surface area contributed by atoms with Crippen LogP contribution < -0.4 is 18.9 Å². The molecule has 2 aromatic heterocycles. The Bertz CT molecular complexity index is 2990. The molecule has 0 saturated heterocycles. The van der Waals surface area contributed by atoms with Crippen LogP contribution in [0.3, 0.4) is 0 Å². The summed E-state index contributed by atoms with van der Waals surface area (Å²) >= 11 is 13.9. The first-order valence-electron chi connectivity index (χ1n) is 23.8. The van der Waals surface area contributed by atoms with Crippen molar-refractivity contribution in [3.05, 3.63) is 163 Å². The van der Waals surface area contributed by atoms with E-state index >= 15 is 0 Å². The number of nitriles is 2. The van der Waals surface area contributed by atoms with Crippen molar-refractivity contribution in [2.24, 2.45) is 0 Å². The van der Waals surface area contributed by atoms with Gasteiger partial charge < -0.3 is 39.4 Å². The number of aliphatic hydroxyl groups is 2. The lowest BCUT2D eigenvalue weighted by atomic mass is 9.91. The molecule has 2 aliphatic rings. The summed E-state index contributed by atoms with van der Waals surface area (Å²) in [6.45, 7) is 1.82. The second-order valence-corrected chi connectivity index (χ2v) is 19.8. The molecule has 0 bridgehead atoms. The summed E-state index contributed by atoms with van der Waals surface area (Å²) in [6.07, 6.45) is 8.14. The molecule has 0 radical (unpaired) electrons. The molecule has 0 spiro atoms. The van der Waals surface area contributed by atoms with E-state index in [1.54, 1.807) is 62.9 Å². The molecule has 4 N–H and O–H groups in total. The molecular formula is C56H54Cl2N6O10. The van der Waals surface area contributed by atoms with Gasteiger partial charge in [0, 0.05) is 72.3 Å². The van der Waals surface area contributed by atoms with Gasteiger partial charge in [-0.05, 0) is 111 Å². The highest BCUT2D eigenvalue weighted by atomic mass is 35.5. The van der Waals surface area contributed by atoms with E-state index in [0.717, 1.165) is 46.2 Å². The molecule has 18 heteroatoms. The van der Waals surface area contributed by atoms with E-state index in [0.29, 0.717) is 69.2 Å². The predicted octanol–water partition coefficient (Wildman–Crippen LogP) is 9.02. The molecule has 74 heavy (non-hydrogen) atoms. The molecule has 8 rings (SSSR count). The number of aliphatic hydroxyl groups excluding tert-OH is 2. The van der Waals surface area contributed by atoms with Gasteiger partial charge in [0.15, 0.2) is 0 Å². The number of fused-ring (bicyclic) bond motifs is 2. The molecule has 0 fully saturated rings. The summed E-state index contributed by atoms with van der Waals surface area (Å²) in [5.74, 6) is -0.900. The molecule has 382 valence electrons. The topological polar surface area (TPSA) is 232 Å². The second kappa shape index (κ2) is 22.5. The zero-order chi connectivity index (χ0) is 52.9. The third-order valence-electron chi connectivity index (χ3n) is 14.2. The van der Waals surface area contributed by atoms with Crippen LogP contribution in [0.2, 0.25) is 10.0 Å². The van der Waals surface area contributed by atoms with E-state index < -0.39 is 36.2 Å². The number of pyridine rings is 2. The molecule has 4 atom stereocenters. The molecule has 4 aromatic carbocycles. The fourth-order valence-corrected chi connectivity index (χ4v) is 9.74. The van der Waals surface area contributed by atoms with Gasteiger partial charge in [-0.25, -0.2) is 0 Å². The van der Waals surface area contributed by atoms with E-state index in [-0.39, 0.29) is 48.6 Å². The highest BCUT2D eigenvalue weighted by Gasteiger charge is 2.39. The van der Waals surface area contributed by atoms with Crippen LogP contribution in [-0.4, -0.2) is 90.5 Å². The normalized spacial score (nSPS) is 16.3. The Kier molecular flexibility index (Phi) is 16.1. The van der Waals surface area contributed by atoms with Crippen LogP contribution in [0, 0.1) is 22.7 Å². The van der Waals surface area contributed by atoms with Gasteiger partial charge in [-0.3, -0.25) is 29.4 Å². The highest BCUT2D eigenvalue weighted by molar-refractivity contribution is 6.32. The average molecular weight is 1040 g/mol. The number of halogens is 2. The van der Waals surface area contributed by atoms with E-state index in [9.17, 15) is 40.5 Å². The monoisotopic (exact) mass is 1040 g/mol. The molecule has 16 nitrogen and oxygen atoms in total. The van der Waals surface area contributed by atoms with Crippen molar-refractivity contribution in [1.29, 1.82) is 10.5 Å².